The van der Waals surface area contributed by atoms with Crippen molar-refractivity contribution in [1.29, 1.82) is 0 Å². The van der Waals surface area contributed by atoms with Crippen LogP contribution >= 0.6 is 0 Å². The van der Waals surface area contributed by atoms with Gasteiger partial charge in [-0.25, -0.2) is 0 Å². The summed E-state index contributed by atoms with van der Waals surface area (Å²) in [7, 11) is 2.18. The Bertz CT molecular complexity index is 338. The highest BCUT2D eigenvalue weighted by atomic mass is 15.1. The zero-order valence-corrected chi connectivity index (χ0v) is 9.32. The van der Waals surface area contributed by atoms with E-state index in [1.807, 2.05) is 18.3 Å². The lowest BCUT2D eigenvalue weighted by molar-refractivity contribution is 0.253. The summed E-state index contributed by atoms with van der Waals surface area (Å²) in [6.45, 7) is 6.16. The van der Waals surface area contributed by atoms with Gasteiger partial charge in [0.15, 0.2) is 0 Å². The molecule has 2 rings (SSSR count). The Balaban J connectivity index is 2.11. The van der Waals surface area contributed by atoms with Crippen LogP contribution < -0.4 is 0 Å². The summed E-state index contributed by atoms with van der Waals surface area (Å²) in [4.78, 5) is 6.85. The second-order valence-electron chi connectivity index (χ2n) is 4.30. The van der Waals surface area contributed by atoms with Gasteiger partial charge in [0, 0.05) is 17.8 Å². The Morgan fingerprint density at radius 1 is 1.47 bits per heavy atom. The van der Waals surface area contributed by atoms with Crippen LogP contribution in [0.4, 0.5) is 0 Å². The van der Waals surface area contributed by atoms with Gasteiger partial charge in [0.05, 0.1) is 0 Å². The van der Waals surface area contributed by atoms with Gasteiger partial charge in [0.1, 0.15) is 0 Å². The largest absolute Gasteiger partial charge is 0.306 e. The highest BCUT2D eigenvalue weighted by Gasteiger charge is 2.19. The zero-order valence-electron chi connectivity index (χ0n) is 9.32. The summed E-state index contributed by atoms with van der Waals surface area (Å²) in [5.41, 5.74) is 2.42. The van der Waals surface area contributed by atoms with Crippen LogP contribution in [-0.2, 0) is 0 Å². The molecular weight excluding hydrogens is 184 g/mol. The molecule has 2 heteroatoms. The van der Waals surface area contributed by atoms with Crippen LogP contribution in [0, 0.1) is 0 Å². The van der Waals surface area contributed by atoms with E-state index in [0.29, 0.717) is 5.92 Å². The van der Waals surface area contributed by atoms with Gasteiger partial charge < -0.3 is 4.90 Å². The van der Waals surface area contributed by atoms with E-state index in [2.05, 4.69) is 29.6 Å². The molecule has 1 aromatic heterocycles. The molecule has 2 nitrogen and oxygen atoms in total. The first-order valence-electron chi connectivity index (χ1n) is 5.56. The van der Waals surface area contributed by atoms with Crippen LogP contribution in [0.5, 0.6) is 0 Å². The number of aromatic nitrogens is 1. The number of pyridine rings is 1. The minimum absolute atomic E-state index is 0.640. The molecule has 1 fully saturated rings. The molecule has 0 spiro atoms. The molecule has 0 unspecified atom stereocenters. The third-order valence-electron chi connectivity index (χ3n) is 3.18. The van der Waals surface area contributed by atoms with E-state index in [0.717, 1.165) is 0 Å². The maximum Gasteiger partial charge on any atom is 0.0441 e. The molecule has 0 atom stereocenters. The molecule has 2 heterocycles. The van der Waals surface area contributed by atoms with Gasteiger partial charge in [-0.2, -0.15) is 0 Å². The molecule has 1 aliphatic rings. The Morgan fingerprint density at radius 3 is 2.87 bits per heavy atom. The SMILES string of the molecule is C=Cc1ccnc(C2CCN(C)CC2)c1. The number of rotatable bonds is 2. The van der Waals surface area contributed by atoms with Crippen molar-refractivity contribution >= 4 is 6.08 Å². The van der Waals surface area contributed by atoms with Gasteiger partial charge in [-0.1, -0.05) is 12.7 Å². The lowest BCUT2D eigenvalue weighted by atomic mass is 9.92. The molecule has 0 N–H and O–H groups in total. The van der Waals surface area contributed by atoms with Gasteiger partial charge in [0.25, 0.3) is 0 Å². The highest BCUT2D eigenvalue weighted by Crippen LogP contribution is 2.26. The lowest BCUT2D eigenvalue weighted by Crippen LogP contribution is -2.29. The van der Waals surface area contributed by atoms with Gasteiger partial charge in [-0.05, 0) is 50.7 Å². The van der Waals surface area contributed by atoms with Crippen molar-refractivity contribution in [3.8, 4) is 0 Å². The fraction of sp³-hybridized carbons (Fsp3) is 0.462. The maximum atomic E-state index is 4.47. The van der Waals surface area contributed by atoms with Crippen LogP contribution in [0.2, 0.25) is 0 Å². The predicted octanol–water partition coefficient (Wildman–Crippen LogP) is 2.53. The normalized spacial score (nSPS) is 19.0. The highest BCUT2D eigenvalue weighted by molar-refractivity contribution is 5.46. The van der Waals surface area contributed by atoms with Crippen molar-refractivity contribution in [2.24, 2.45) is 0 Å². The van der Waals surface area contributed by atoms with Gasteiger partial charge >= 0.3 is 0 Å². The summed E-state index contributed by atoms with van der Waals surface area (Å²) >= 11 is 0. The first kappa shape index (κ1) is 10.4. The Morgan fingerprint density at radius 2 is 2.20 bits per heavy atom. The molecule has 0 radical (unpaired) electrons. The van der Waals surface area contributed by atoms with Crippen LogP contribution in [0.1, 0.15) is 30.0 Å². The van der Waals surface area contributed by atoms with Crippen LogP contribution in [-0.4, -0.2) is 30.0 Å². The van der Waals surface area contributed by atoms with Crippen molar-refractivity contribution in [1.82, 2.24) is 9.88 Å². The molecule has 80 valence electrons. The van der Waals surface area contributed by atoms with Crippen molar-refractivity contribution in [2.75, 3.05) is 20.1 Å². The molecule has 15 heavy (non-hydrogen) atoms. The molecule has 1 aromatic rings. The Hall–Kier alpha value is -1.15. The maximum absolute atomic E-state index is 4.47. The number of hydrogen-bond acceptors (Lipinski definition) is 2. The minimum Gasteiger partial charge on any atom is -0.306 e. The van der Waals surface area contributed by atoms with Gasteiger partial charge in [0.2, 0.25) is 0 Å². The van der Waals surface area contributed by atoms with Gasteiger partial charge in [-0.15, -0.1) is 0 Å². The Labute approximate surface area is 91.6 Å². The average molecular weight is 202 g/mol. The molecular formula is C13H18N2. The second-order valence-corrected chi connectivity index (χ2v) is 4.30. The fourth-order valence-corrected chi connectivity index (χ4v) is 2.12. The number of likely N-dealkylation sites (tertiary alicyclic amines) is 1. The van der Waals surface area contributed by atoms with Crippen molar-refractivity contribution in [2.45, 2.75) is 18.8 Å². The molecule has 0 amide bonds. The van der Waals surface area contributed by atoms with E-state index in [9.17, 15) is 0 Å². The average Bonchev–Trinajstić information content (AvgIpc) is 2.30. The summed E-state index contributed by atoms with van der Waals surface area (Å²) in [6.07, 6.45) is 6.24. The van der Waals surface area contributed by atoms with Crippen LogP contribution in [0.15, 0.2) is 24.9 Å². The summed E-state index contributed by atoms with van der Waals surface area (Å²) in [6, 6.07) is 4.18. The topological polar surface area (TPSA) is 16.1 Å². The van der Waals surface area contributed by atoms with Crippen LogP contribution in [0.25, 0.3) is 6.08 Å². The van der Waals surface area contributed by atoms with Crippen molar-refractivity contribution in [3.63, 3.8) is 0 Å². The molecule has 0 bridgehead atoms. The van der Waals surface area contributed by atoms with Crippen molar-refractivity contribution < 1.29 is 0 Å². The Kier molecular flexibility index (Phi) is 3.17. The third-order valence-corrected chi connectivity index (χ3v) is 3.18. The van der Waals surface area contributed by atoms with Crippen LogP contribution in [0.3, 0.4) is 0 Å². The summed E-state index contributed by atoms with van der Waals surface area (Å²) in [5.74, 6) is 0.640. The van der Waals surface area contributed by atoms with E-state index < -0.39 is 0 Å². The number of piperidine rings is 1. The summed E-state index contributed by atoms with van der Waals surface area (Å²) < 4.78 is 0. The molecule has 0 saturated carbocycles. The minimum atomic E-state index is 0.640. The first-order valence-corrected chi connectivity index (χ1v) is 5.56. The van der Waals surface area contributed by atoms with E-state index in [4.69, 9.17) is 0 Å². The fourth-order valence-electron chi connectivity index (χ4n) is 2.12. The quantitative estimate of drug-likeness (QED) is 0.732. The van der Waals surface area contributed by atoms with Gasteiger partial charge in [-0.3, -0.25) is 4.98 Å². The lowest BCUT2D eigenvalue weighted by Gasteiger charge is -2.28. The second kappa shape index (κ2) is 4.58. The van der Waals surface area contributed by atoms with E-state index in [1.165, 1.54) is 37.2 Å². The number of nitrogens with zero attached hydrogens (tertiary/aromatic N) is 2. The van der Waals surface area contributed by atoms with E-state index in [1.54, 1.807) is 0 Å². The molecule has 0 aromatic carbocycles. The standard InChI is InChI=1S/C13H18N2/c1-3-11-4-7-14-13(10-11)12-5-8-15(2)9-6-12/h3-4,7,10,12H,1,5-6,8-9H2,2H3. The zero-order chi connectivity index (χ0) is 10.7. The third kappa shape index (κ3) is 2.45. The molecule has 1 aliphatic heterocycles. The van der Waals surface area contributed by atoms with Crippen molar-refractivity contribution in [3.05, 3.63) is 36.2 Å². The van der Waals surface area contributed by atoms with E-state index in [-0.39, 0.29) is 0 Å². The predicted molar refractivity (Wildman–Crippen MR) is 63.8 cm³/mol. The first-order chi connectivity index (χ1) is 7.29. The summed E-state index contributed by atoms with van der Waals surface area (Å²) in [5, 5.41) is 0. The van der Waals surface area contributed by atoms with E-state index >= 15 is 0 Å². The monoisotopic (exact) mass is 202 g/mol. The molecule has 1 saturated heterocycles. The molecule has 0 aliphatic carbocycles. The number of hydrogen-bond donors (Lipinski definition) is 0. The smallest absolute Gasteiger partial charge is 0.0441 e.